The lowest BCUT2D eigenvalue weighted by molar-refractivity contribution is 0.669. The molecule has 0 N–H and O–H groups in total. The zero-order valence-electron chi connectivity index (χ0n) is 30.1. The standard InChI is InChI=1S/C51H31N3O2/c1-3-12-32(13-4-1)33-24-26-34(27-25-33)35-28-30-36(31-29-35)38-17-9-19-41-42-20-11-22-44(48(42)56-46(38)41)51-53-49(37-14-5-2-6-15-37)52-50(54-51)43-21-10-18-40-39-16-7-8-23-45(39)55-47(40)43/h1-31H. The van der Waals surface area contributed by atoms with Crippen molar-refractivity contribution in [2.45, 2.75) is 0 Å². The number of furan rings is 2. The Balaban J connectivity index is 1.02. The molecule has 0 aliphatic heterocycles. The predicted molar refractivity (Wildman–Crippen MR) is 227 cm³/mol. The summed E-state index contributed by atoms with van der Waals surface area (Å²) in [7, 11) is 0. The predicted octanol–water partition coefficient (Wildman–Crippen LogP) is 13.7. The van der Waals surface area contributed by atoms with Crippen molar-refractivity contribution >= 4 is 43.9 Å². The topological polar surface area (TPSA) is 65.0 Å². The van der Waals surface area contributed by atoms with Crippen LogP contribution in [-0.2, 0) is 0 Å². The summed E-state index contributed by atoms with van der Waals surface area (Å²) in [5.41, 5.74) is 12.4. The Hall–Kier alpha value is -7.63. The van der Waals surface area contributed by atoms with Crippen molar-refractivity contribution in [2.24, 2.45) is 0 Å². The van der Waals surface area contributed by atoms with E-state index in [0.717, 1.165) is 77.3 Å². The van der Waals surface area contributed by atoms with E-state index in [4.69, 9.17) is 23.8 Å². The second-order valence-electron chi connectivity index (χ2n) is 13.9. The minimum absolute atomic E-state index is 0.524. The van der Waals surface area contributed by atoms with Gasteiger partial charge in [0.2, 0.25) is 0 Å². The van der Waals surface area contributed by atoms with Crippen LogP contribution in [0, 0.1) is 0 Å². The molecule has 8 aromatic carbocycles. The second kappa shape index (κ2) is 13.0. The highest BCUT2D eigenvalue weighted by molar-refractivity contribution is 6.13. The van der Waals surface area contributed by atoms with Gasteiger partial charge in [-0.2, -0.15) is 0 Å². The van der Waals surface area contributed by atoms with E-state index < -0.39 is 0 Å². The fourth-order valence-electron chi connectivity index (χ4n) is 7.81. The van der Waals surface area contributed by atoms with Gasteiger partial charge in [-0.25, -0.2) is 15.0 Å². The lowest BCUT2D eigenvalue weighted by Gasteiger charge is -2.09. The van der Waals surface area contributed by atoms with Crippen molar-refractivity contribution in [3.63, 3.8) is 0 Å². The quantitative estimate of drug-likeness (QED) is 0.171. The van der Waals surface area contributed by atoms with Gasteiger partial charge in [0.05, 0.1) is 11.1 Å². The molecular weight excluding hydrogens is 687 g/mol. The minimum Gasteiger partial charge on any atom is -0.455 e. The maximum Gasteiger partial charge on any atom is 0.167 e. The number of nitrogens with zero attached hydrogens (tertiary/aromatic N) is 3. The highest BCUT2D eigenvalue weighted by Crippen LogP contribution is 2.41. The molecule has 5 heteroatoms. The van der Waals surface area contributed by atoms with Crippen LogP contribution in [-0.4, -0.2) is 15.0 Å². The average molecular weight is 718 g/mol. The van der Waals surface area contributed by atoms with Gasteiger partial charge in [-0.05, 0) is 46.0 Å². The van der Waals surface area contributed by atoms with Crippen molar-refractivity contribution in [3.05, 3.63) is 188 Å². The van der Waals surface area contributed by atoms with Crippen molar-refractivity contribution < 1.29 is 8.83 Å². The maximum atomic E-state index is 6.88. The molecule has 5 nitrogen and oxygen atoms in total. The molecule has 3 aromatic heterocycles. The molecule has 0 amide bonds. The fourth-order valence-corrected chi connectivity index (χ4v) is 7.81. The lowest BCUT2D eigenvalue weighted by atomic mass is 9.97. The fraction of sp³-hybridized carbons (Fsp3) is 0. The van der Waals surface area contributed by atoms with Crippen LogP contribution in [0.2, 0.25) is 0 Å². The number of hydrogen-bond acceptors (Lipinski definition) is 5. The minimum atomic E-state index is 0.524. The Labute approximate surface area is 322 Å². The molecule has 0 bridgehead atoms. The van der Waals surface area contributed by atoms with Crippen LogP contribution in [0.15, 0.2) is 197 Å². The molecule has 0 saturated carbocycles. The molecule has 3 heterocycles. The van der Waals surface area contributed by atoms with Gasteiger partial charge < -0.3 is 8.83 Å². The van der Waals surface area contributed by atoms with Crippen LogP contribution in [0.25, 0.3) is 111 Å². The van der Waals surface area contributed by atoms with E-state index in [1.54, 1.807) is 0 Å². The molecule has 11 rings (SSSR count). The highest BCUT2D eigenvalue weighted by Gasteiger charge is 2.21. The smallest absolute Gasteiger partial charge is 0.167 e. The van der Waals surface area contributed by atoms with Gasteiger partial charge in [0.1, 0.15) is 22.3 Å². The third kappa shape index (κ3) is 5.37. The summed E-state index contributed by atoms with van der Waals surface area (Å²) in [6, 6.07) is 64.6. The molecule has 0 spiro atoms. The van der Waals surface area contributed by atoms with Crippen LogP contribution in [0.3, 0.4) is 0 Å². The molecule has 0 aliphatic carbocycles. The van der Waals surface area contributed by atoms with E-state index in [0.29, 0.717) is 17.5 Å². The molecule has 0 saturated heterocycles. The van der Waals surface area contributed by atoms with Crippen LogP contribution in [0.1, 0.15) is 0 Å². The number of benzene rings is 8. The molecular formula is C51H31N3O2. The van der Waals surface area contributed by atoms with Gasteiger partial charge in [-0.1, -0.05) is 170 Å². The van der Waals surface area contributed by atoms with Gasteiger partial charge in [0.25, 0.3) is 0 Å². The first-order valence-corrected chi connectivity index (χ1v) is 18.7. The number of rotatable bonds is 6. The van der Waals surface area contributed by atoms with Crippen LogP contribution < -0.4 is 0 Å². The summed E-state index contributed by atoms with van der Waals surface area (Å²) in [6.45, 7) is 0. The van der Waals surface area contributed by atoms with Crippen molar-refractivity contribution in [2.75, 3.05) is 0 Å². The van der Waals surface area contributed by atoms with Crippen molar-refractivity contribution in [3.8, 4) is 67.5 Å². The first-order chi connectivity index (χ1) is 27.7. The van der Waals surface area contributed by atoms with Crippen LogP contribution in [0.4, 0.5) is 0 Å². The number of fused-ring (bicyclic) bond motifs is 6. The first-order valence-electron chi connectivity index (χ1n) is 18.7. The highest BCUT2D eigenvalue weighted by atomic mass is 16.3. The molecule has 0 unspecified atom stereocenters. The molecule has 11 aromatic rings. The van der Waals surface area contributed by atoms with Gasteiger partial charge in [0.15, 0.2) is 17.5 Å². The van der Waals surface area contributed by atoms with Gasteiger partial charge >= 0.3 is 0 Å². The summed E-state index contributed by atoms with van der Waals surface area (Å²) in [4.78, 5) is 15.2. The zero-order chi connectivity index (χ0) is 37.0. The third-order valence-electron chi connectivity index (χ3n) is 10.6. The normalized spacial score (nSPS) is 11.6. The Morgan fingerprint density at radius 2 is 0.643 bits per heavy atom. The Morgan fingerprint density at radius 1 is 0.250 bits per heavy atom. The van der Waals surface area contributed by atoms with E-state index in [1.807, 2.05) is 78.9 Å². The zero-order valence-corrected chi connectivity index (χ0v) is 30.1. The molecule has 0 atom stereocenters. The van der Waals surface area contributed by atoms with E-state index >= 15 is 0 Å². The third-order valence-corrected chi connectivity index (χ3v) is 10.6. The Bertz CT molecular complexity index is 3220. The number of hydrogen-bond donors (Lipinski definition) is 0. The molecule has 0 aliphatic rings. The summed E-state index contributed by atoms with van der Waals surface area (Å²) in [5.74, 6) is 1.63. The van der Waals surface area contributed by atoms with E-state index in [-0.39, 0.29) is 0 Å². The molecule has 0 fully saturated rings. The second-order valence-corrected chi connectivity index (χ2v) is 13.9. The van der Waals surface area contributed by atoms with Gasteiger partial charge in [-0.3, -0.25) is 0 Å². The molecule has 0 radical (unpaired) electrons. The van der Waals surface area contributed by atoms with Gasteiger partial charge in [0, 0.05) is 32.7 Å². The van der Waals surface area contributed by atoms with E-state index in [2.05, 4.69) is 109 Å². The maximum absolute atomic E-state index is 6.88. The molecule has 56 heavy (non-hydrogen) atoms. The summed E-state index contributed by atoms with van der Waals surface area (Å²) in [6.07, 6.45) is 0. The summed E-state index contributed by atoms with van der Waals surface area (Å²) >= 11 is 0. The average Bonchev–Trinajstić information content (AvgIpc) is 3.86. The monoisotopic (exact) mass is 717 g/mol. The van der Waals surface area contributed by atoms with Gasteiger partial charge in [-0.15, -0.1) is 0 Å². The Morgan fingerprint density at radius 3 is 1.23 bits per heavy atom. The summed E-state index contributed by atoms with van der Waals surface area (Å²) < 4.78 is 13.3. The van der Waals surface area contributed by atoms with Crippen LogP contribution >= 0.6 is 0 Å². The lowest BCUT2D eigenvalue weighted by Crippen LogP contribution is -2.00. The SMILES string of the molecule is c1ccc(-c2ccc(-c3ccc(-c4cccc5c4oc4c(-c6nc(-c7ccccc7)nc(-c7cccc8c7oc7ccccc78)n6)cccc45)cc3)cc2)cc1. The Kier molecular flexibility index (Phi) is 7.42. The molecule has 262 valence electrons. The first kappa shape index (κ1) is 31.9. The van der Waals surface area contributed by atoms with E-state index in [1.165, 1.54) is 16.7 Å². The van der Waals surface area contributed by atoms with Crippen molar-refractivity contribution in [1.29, 1.82) is 0 Å². The summed E-state index contributed by atoms with van der Waals surface area (Å²) in [5, 5.41) is 4.10. The van der Waals surface area contributed by atoms with Crippen LogP contribution in [0.5, 0.6) is 0 Å². The van der Waals surface area contributed by atoms with Crippen molar-refractivity contribution in [1.82, 2.24) is 15.0 Å². The largest absolute Gasteiger partial charge is 0.455 e. The van der Waals surface area contributed by atoms with E-state index in [9.17, 15) is 0 Å². The number of aromatic nitrogens is 3. The number of para-hydroxylation sites is 4.